The van der Waals surface area contributed by atoms with Crippen LogP contribution in [0.15, 0.2) is 53.5 Å². The van der Waals surface area contributed by atoms with Gasteiger partial charge in [-0.15, -0.1) is 0 Å². The van der Waals surface area contributed by atoms with Gasteiger partial charge in [-0.2, -0.15) is 13.2 Å². The van der Waals surface area contributed by atoms with Crippen LogP contribution in [0.25, 0.3) is 0 Å². The lowest BCUT2D eigenvalue weighted by Gasteiger charge is -2.21. The number of anilines is 1. The minimum Gasteiger partial charge on any atom is -0.455 e. The Kier molecular flexibility index (Phi) is 6.11. The Morgan fingerprint density at radius 3 is 2.34 bits per heavy atom. The maximum atomic E-state index is 12.9. The number of H-pyrrole nitrogens is 1. The van der Waals surface area contributed by atoms with Crippen molar-refractivity contribution in [3.63, 3.8) is 0 Å². The normalized spacial score (nSPS) is 11.8. The molecule has 0 aliphatic heterocycles. The van der Waals surface area contributed by atoms with Gasteiger partial charge in [0, 0.05) is 17.4 Å². The van der Waals surface area contributed by atoms with E-state index in [9.17, 15) is 22.8 Å². The molecule has 0 saturated heterocycles. The molecule has 0 aliphatic rings. The number of carbonyl (C=O) groups is 1. The molecular formula is C23H22F3N3O3. The number of carbonyl (C=O) groups excluding carboxylic acids is 1. The number of aromatic nitrogens is 2. The summed E-state index contributed by atoms with van der Waals surface area (Å²) < 4.78 is 44.1. The van der Waals surface area contributed by atoms with Crippen molar-refractivity contribution in [2.45, 2.75) is 39.3 Å². The molecule has 9 heteroatoms. The Labute approximate surface area is 182 Å². The summed E-state index contributed by atoms with van der Waals surface area (Å²) in [6, 6.07) is 9.80. The van der Waals surface area contributed by atoms with Crippen LogP contribution in [0.1, 0.15) is 48.1 Å². The number of nitrogens with one attached hydrogen (secondary N) is 2. The lowest BCUT2D eigenvalue weighted by molar-refractivity contribution is -0.141. The highest BCUT2D eigenvalue weighted by Gasteiger charge is 2.32. The summed E-state index contributed by atoms with van der Waals surface area (Å²) in [5.74, 6) is -0.339. The molecule has 6 nitrogen and oxygen atoms in total. The molecule has 2 heterocycles. The van der Waals surface area contributed by atoms with Crippen molar-refractivity contribution in [1.29, 1.82) is 0 Å². The third-order valence-electron chi connectivity index (χ3n) is 4.58. The molecule has 2 N–H and O–H groups in total. The summed E-state index contributed by atoms with van der Waals surface area (Å²) in [7, 11) is 0. The number of benzene rings is 1. The Morgan fingerprint density at radius 2 is 1.78 bits per heavy atom. The third kappa shape index (κ3) is 5.54. The van der Waals surface area contributed by atoms with E-state index in [0.29, 0.717) is 11.4 Å². The Morgan fingerprint density at radius 1 is 1.06 bits per heavy atom. The smallest absolute Gasteiger partial charge is 0.433 e. The van der Waals surface area contributed by atoms with Gasteiger partial charge in [0.05, 0.1) is 11.8 Å². The second-order valence-corrected chi connectivity index (χ2v) is 8.31. The Bertz CT molecular complexity index is 1190. The van der Waals surface area contributed by atoms with E-state index in [2.05, 4.69) is 15.3 Å². The first-order chi connectivity index (χ1) is 14.8. The molecule has 0 bridgehead atoms. The minimum atomic E-state index is -4.57. The summed E-state index contributed by atoms with van der Waals surface area (Å²) in [4.78, 5) is 30.6. The molecule has 0 spiro atoms. The van der Waals surface area contributed by atoms with E-state index in [-0.39, 0.29) is 28.0 Å². The molecule has 1 amide bonds. The average Bonchev–Trinajstić information content (AvgIpc) is 2.66. The molecule has 0 unspecified atom stereocenters. The Balaban J connectivity index is 1.97. The first kappa shape index (κ1) is 23.1. The molecule has 0 radical (unpaired) electrons. The van der Waals surface area contributed by atoms with E-state index in [1.165, 1.54) is 6.07 Å². The highest BCUT2D eigenvalue weighted by Crippen LogP contribution is 2.33. The number of pyridine rings is 2. The molecule has 168 valence electrons. The van der Waals surface area contributed by atoms with Crippen LogP contribution in [0.2, 0.25) is 0 Å². The van der Waals surface area contributed by atoms with Crippen molar-refractivity contribution in [3.05, 3.63) is 81.5 Å². The van der Waals surface area contributed by atoms with E-state index >= 15 is 0 Å². The fourth-order valence-corrected chi connectivity index (χ4v) is 2.95. The van der Waals surface area contributed by atoms with Gasteiger partial charge in [0.1, 0.15) is 17.2 Å². The summed E-state index contributed by atoms with van der Waals surface area (Å²) in [6.07, 6.45) is -3.62. The van der Waals surface area contributed by atoms with E-state index < -0.39 is 17.8 Å². The zero-order valence-corrected chi connectivity index (χ0v) is 17.9. The molecule has 0 atom stereocenters. The number of hydrogen-bond acceptors (Lipinski definition) is 4. The van der Waals surface area contributed by atoms with Gasteiger partial charge in [0.15, 0.2) is 0 Å². The first-order valence-electron chi connectivity index (χ1n) is 9.71. The second kappa shape index (κ2) is 8.49. The van der Waals surface area contributed by atoms with Crippen LogP contribution in [0.4, 0.5) is 18.9 Å². The lowest BCUT2D eigenvalue weighted by atomic mass is 9.86. The fraction of sp³-hybridized carbons (Fsp3) is 0.261. The highest BCUT2D eigenvalue weighted by molar-refractivity contribution is 6.06. The van der Waals surface area contributed by atoms with Crippen molar-refractivity contribution < 1.29 is 22.7 Å². The van der Waals surface area contributed by atoms with Crippen molar-refractivity contribution in [2.75, 3.05) is 5.32 Å². The molecule has 3 aromatic rings. The number of nitrogens with zero attached hydrogens (tertiary/aromatic N) is 1. The molecule has 1 aromatic carbocycles. The largest absolute Gasteiger partial charge is 0.455 e. The van der Waals surface area contributed by atoms with Crippen LogP contribution < -0.4 is 15.6 Å². The number of rotatable bonds is 4. The molecule has 0 aliphatic carbocycles. The van der Waals surface area contributed by atoms with Gasteiger partial charge in [-0.05, 0) is 48.2 Å². The summed E-state index contributed by atoms with van der Waals surface area (Å²) in [6.45, 7) is 7.61. The predicted octanol–water partition coefficient (Wildman–Crippen LogP) is 5.44. The van der Waals surface area contributed by atoms with E-state index in [4.69, 9.17) is 4.74 Å². The van der Waals surface area contributed by atoms with E-state index in [1.807, 2.05) is 20.8 Å². The van der Waals surface area contributed by atoms with Crippen LogP contribution in [0.3, 0.4) is 0 Å². The van der Waals surface area contributed by atoms with Gasteiger partial charge < -0.3 is 15.0 Å². The Hall–Kier alpha value is -3.62. The number of ether oxygens (including phenoxy) is 1. The summed E-state index contributed by atoms with van der Waals surface area (Å²) in [5, 5.41) is 2.65. The SMILES string of the molecule is Cc1cc(NC(=O)c2ccc(C(C)(C)C)cc2Oc2ccc(C(F)(F)F)nc2)cc(=O)[nH]1. The zero-order chi connectivity index (χ0) is 23.7. The minimum absolute atomic E-state index is 0.0464. The lowest BCUT2D eigenvalue weighted by Crippen LogP contribution is -2.17. The number of hydrogen-bond donors (Lipinski definition) is 2. The van der Waals surface area contributed by atoms with Crippen LogP contribution in [-0.2, 0) is 11.6 Å². The first-order valence-corrected chi connectivity index (χ1v) is 9.71. The van der Waals surface area contributed by atoms with Crippen LogP contribution in [-0.4, -0.2) is 15.9 Å². The quantitative estimate of drug-likeness (QED) is 0.560. The monoisotopic (exact) mass is 445 g/mol. The van der Waals surface area contributed by atoms with E-state index in [1.54, 1.807) is 31.2 Å². The van der Waals surface area contributed by atoms with Gasteiger partial charge in [-0.3, -0.25) is 9.59 Å². The maximum absolute atomic E-state index is 12.9. The average molecular weight is 445 g/mol. The van der Waals surface area contributed by atoms with Crippen LogP contribution in [0.5, 0.6) is 11.5 Å². The summed E-state index contributed by atoms with van der Waals surface area (Å²) >= 11 is 0. The molecule has 2 aromatic heterocycles. The van der Waals surface area contributed by atoms with Crippen molar-refractivity contribution in [3.8, 4) is 11.5 Å². The van der Waals surface area contributed by atoms with Crippen molar-refractivity contribution in [1.82, 2.24) is 9.97 Å². The molecular weight excluding hydrogens is 423 g/mol. The second-order valence-electron chi connectivity index (χ2n) is 8.31. The number of alkyl halides is 3. The molecule has 32 heavy (non-hydrogen) atoms. The number of amides is 1. The predicted molar refractivity (Wildman–Crippen MR) is 114 cm³/mol. The van der Waals surface area contributed by atoms with Crippen LogP contribution in [0, 0.1) is 6.92 Å². The zero-order valence-electron chi connectivity index (χ0n) is 17.9. The fourth-order valence-electron chi connectivity index (χ4n) is 2.95. The number of aryl methyl sites for hydroxylation is 1. The van der Waals surface area contributed by atoms with Gasteiger partial charge in [0.25, 0.3) is 5.91 Å². The van der Waals surface area contributed by atoms with Gasteiger partial charge in [-0.25, -0.2) is 4.98 Å². The molecule has 0 fully saturated rings. The molecule has 0 saturated carbocycles. The van der Waals surface area contributed by atoms with E-state index in [0.717, 1.165) is 23.9 Å². The topological polar surface area (TPSA) is 84.1 Å². The van der Waals surface area contributed by atoms with Crippen molar-refractivity contribution in [2.24, 2.45) is 0 Å². The number of aromatic amines is 1. The number of halogens is 3. The third-order valence-corrected chi connectivity index (χ3v) is 4.58. The summed E-state index contributed by atoms with van der Waals surface area (Å²) in [5.41, 5.74) is 0.204. The van der Waals surface area contributed by atoms with Gasteiger partial charge in [-0.1, -0.05) is 26.8 Å². The van der Waals surface area contributed by atoms with Crippen LogP contribution >= 0.6 is 0 Å². The van der Waals surface area contributed by atoms with Crippen molar-refractivity contribution >= 4 is 11.6 Å². The highest BCUT2D eigenvalue weighted by atomic mass is 19.4. The standard InChI is InChI=1S/C23H22F3N3O3/c1-13-9-15(11-20(30)28-13)29-21(31)17-7-5-14(22(2,3)4)10-18(17)32-16-6-8-19(27-12-16)23(24,25)26/h5-12H,1-4H3,(H2,28,29,30,31). The van der Waals surface area contributed by atoms with Gasteiger partial charge in [0.2, 0.25) is 5.56 Å². The molecule has 3 rings (SSSR count). The van der Waals surface area contributed by atoms with Gasteiger partial charge >= 0.3 is 6.18 Å². The maximum Gasteiger partial charge on any atom is 0.433 e.